The Hall–Kier alpha value is -4.38. The lowest BCUT2D eigenvalue weighted by molar-refractivity contribution is -0.130. The van der Waals surface area contributed by atoms with Crippen molar-refractivity contribution < 1.29 is 23.5 Å². The lowest BCUT2D eigenvalue weighted by Gasteiger charge is -2.40. The first-order chi connectivity index (χ1) is 19.9. The first-order valence-electron chi connectivity index (χ1n) is 13.1. The monoisotopic (exact) mass is 575 g/mol. The van der Waals surface area contributed by atoms with Crippen molar-refractivity contribution >= 4 is 23.6 Å². The fraction of sp³-hybridized carbons (Fsp3) is 0.267. The Balaban J connectivity index is 1.31. The topological polar surface area (TPSA) is 89.8 Å². The number of carbonyl (C=O) groups excluding carboxylic acids is 2. The van der Waals surface area contributed by atoms with Gasteiger partial charge in [-0.15, -0.1) is 10.2 Å². The van der Waals surface area contributed by atoms with Crippen molar-refractivity contribution in [3.05, 3.63) is 84.2 Å². The average Bonchev–Trinajstić information content (AvgIpc) is 3.43. The molecule has 9 nitrogen and oxygen atoms in total. The number of benzene rings is 3. The highest BCUT2D eigenvalue weighted by Crippen LogP contribution is 2.31. The summed E-state index contributed by atoms with van der Waals surface area (Å²) in [7, 11) is 3.22. The maximum absolute atomic E-state index is 14.2. The van der Waals surface area contributed by atoms with Crippen LogP contribution >= 0.6 is 11.8 Å². The Kier molecular flexibility index (Phi) is 8.53. The van der Waals surface area contributed by atoms with Crippen LogP contribution in [0.4, 0.5) is 4.39 Å². The summed E-state index contributed by atoms with van der Waals surface area (Å²) in [6, 6.07) is 20.8. The van der Waals surface area contributed by atoms with E-state index in [1.165, 1.54) is 23.9 Å². The van der Waals surface area contributed by atoms with Crippen LogP contribution in [0.2, 0.25) is 0 Å². The molecule has 1 saturated heterocycles. The van der Waals surface area contributed by atoms with Crippen molar-refractivity contribution in [2.75, 3.05) is 39.6 Å². The molecule has 0 bridgehead atoms. The summed E-state index contributed by atoms with van der Waals surface area (Å²) in [6.45, 7) is 2.92. The highest BCUT2D eigenvalue weighted by atomic mass is 32.2. The molecule has 1 aliphatic heterocycles. The molecule has 1 unspecified atom stereocenters. The molecule has 41 heavy (non-hydrogen) atoms. The van der Waals surface area contributed by atoms with Crippen molar-refractivity contribution in [3.8, 4) is 28.6 Å². The number of rotatable bonds is 8. The summed E-state index contributed by atoms with van der Waals surface area (Å²) in [6.07, 6.45) is 0. The minimum absolute atomic E-state index is 0.0411. The SMILES string of the molecule is COc1ccc(-n2c(SCC(=O)N3CCN(C(=O)c4ccccc4F)C(C)C3)nnc2-c2cccc(OC)c2)cc1. The molecule has 0 radical (unpaired) electrons. The number of piperazine rings is 1. The van der Waals surface area contributed by atoms with Gasteiger partial charge in [-0.3, -0.25) is 14.2 Å². The third kappa shape index (κ3) is 6.04. The first-order valence-corrected chi connectivity index (χ1v) is 14.1. The Labute approximate surface area is 241 Å². The molecule has 11 heteroatoms. The summed E-state index contributed by atoms with van der Waals surface area (Å²) < 4.78 is 26.8. The van der Waals surface area contributed by atoms with Crippen molar-refractivity contribution in [2.24, 2.45) is 0 Å². The number of amides is 2. The van der Waals surface area contributed by atoms with E-state index in [-0.39, 0.29) is 29.2 Å². The molecule has 0 aliphatic carbocycles. The molecular weight excluding hydrogens is 545 g/mol. The minimum Gasteiger partial charge on any atom is -0.497 e. The van der Waals surface area contributed by atoms with Gasteiger partial charge in [-0.1, -0.05) is 36.0 Å². The van der Waals surface area contributed by atoms with Crippen LogP contribution < -0.4 is 9.47 Å². The van der Waals surface area contributed by atoms with Crippen LogP contribution in [0.15, 0.2) is 78.0 Å². The van der Waals surface area contributed by atoms with Crippen LogP contribution in [0.1, 0.15) is 17.3 Å². The predicted molar refractivity (Wildman–Crippen MR) is 154 cm³/mol. The summed E-state index contributed by atoms with van der Waals surface area (Å²) >= 11 is 1.29. The van der Waals surface area contributed by atoms with E-state index in [2.05, 4.69) is 10.2 Å². The second kappa shape index (κ2) is 12.4. The van der Waals surface area contributed by atoms with E-state index in [1.807, 2.05) is 60.0 Å². The van der Waals surface area contributed by atoms with Crippen molar-refractivity contribution in [2.45, 2.75) is 18.1 Å². The maximum Gasteiger partial charge on any atom is 0.257 e. The van der Waals surface area contributed by atoms with Gasteiger partial charge in [0.1, 0.15) is 17.3 Å². The Bertz CT molecular complexity index is 1540. The standard InChI is InChI=1S/C30H30FN5O4S/c1-20-18-34(15-16-35(20)29(38)25-9-4-5-10-26(25)31)27(37)19-41-30-33-32-28(21-7-6-8-24(17-21)40-3)36(30)22-11-13-23(39-2)14-12-22/h4-14,17,20H,15-16,18-19H2,1-3H3. The fourth-order valence-electron chi connectivity index (χ4n) is 4.77. The van der Waals surface area contributed by atoms with E-state index in [0.717, 1.165) is 17.0 Å². The highest BCUT2D eigenvalue weighted by molar-refractivity contribution is 7.99. The number of methoxy groups -OCH3 is 2. The van der Waals surface area contributed by atoms with Gasteiger partial charge in [-0.2, -0.15) is 0 Å². The molecule has 0 N–H and O–H groups in total. The second-order valence-corrected chi connectivity index (χ2v) is 10.5. The smallest absolute Gasteiger partial charge is 0.257 e. The van der Waals surface area contributed by atoms with Gasteiger partial charge in [0.25, 0.3) is 5.91 Å². The van der Waals surface area contributed by atoms with Gasteiger partial charge in [-0.25, -0.2) is 4.39 Å². The third-order valence-electron chi connectivity index (χ3n) is 6.96. The molecule has 2 amide bonds. The quantitative estimate of drug-likeness (QED) is 0.285. The van der Waals surface area contributed by atoms with E-state index in [4.69, 9.17) is 9.47 Å². The maximum atomic E-state index is 14.2. The van der Waals surface area contributed by atoms with E-state index in [1.54, 1.807) is 36.2 Å². The van der Waals surface area contributed by atoms with Crippen LogP contribution in [0, 0.1) is 5.82 Å². The lowest BCUT2D eigenvalue weighted by Crippen LogP contribution is -2.55. The Morgan fingerprint density at radius 2 is 1.71 bits per heavy atom. The van der Waals surface area contributed by atoms with Crippen LogP contribution in [-0.4, -0.2) is 82.0 Å². The van der Waals surface area contributed by atoms with Crippen LogP contribution in [0.25, 0.3) is 17.1 Å². The molecule has 1 aromatic heterocycles. The molecular formula is C30H30FN5O4S. The number of hydrogen-bond donors (Lipinski definition) is 0. The van der Waals surface area contributed by atoms with Gasteiger partial charge in [0.2, 0.25) is 5.91 Å². The second-order valence-electron chi connectivity index (χ2n) is 9.53. The zero-order valence-corrected chi connectivity index (χ0v) is 23.8. The summed E-state index contributed by atoms with van der Waals surface area (Å²) in [4.78, 5) is 29.6. The minimum atomic E-state index is -0.547. The molecule has 4 aromatic rings. The Morgan fingerprint density at radius 3 is 2.41 bits per heavy atom. The predicted octanol–water partition coefficient (Wildman–Crippen LogP) is 4.56. The van der Waals surface area contributed by atoms with E-state index in [0.29, 0.717) is 36.4 Å². The van der Waals surface area contributed by atoms with Gasteiger partial charge >= 0.3 is 0 Å². The molecule has 0 saturated carbocycles. The molecule has 3 aromatic carbocycles. The molecule has 0 spiro atoms. The zero-order valence-electron chi connectivity index (χ0n) is 23.0. The van der Waals surface area contributed by atoms with Gasteiger partial charge in [0, 0.05) is 36.9 Å². The van der Waals surface area contributed by atoms with Gasteiger partial charge < -0.3 is 19.3 Å². The summed E-state index contributed by atoms with van der Waals surface area (Å²) in [5.41, 5.74) is 1.67. The molecule has 212 valence electrons. The van der Waals surface area contributed by atoms with Crippen molar-refractivity contribution in [1.82, 2.24) is 24.6 Å². The van der Waals surface area contributed by atoms with Gasteiger partial charge in [-0.05, 0) is 55.5 Å². The zero-order chi connectivity index (χ0) is 28.9. The molecule has 1 atom stereocenters. The Morgan fingerprint density at radius 1 is 0.951 bits per heavy atom. The number of hydrogen-bond acceptors (Lipinski definition) is 7. The number of nitrogens with zero attached hydrogens (tertiary/aromatic N) is 5. The van der Waals surface area contributed by atoms with E-state index in [9.17, 15) is 14.0 Å². The number of aromatic nitrogens is 3. The van der Waals surface area contributed by atoms with E-state index >= 15 is 0 Å². The molecule has 5 rings (SSSR count). The molecule has 2 heterocycles. The van der Waals surface area contributed by atoms with E-state index < -0.39 is 5.82 Å². The first kappa shape index (κ1) is 28.2. The number of thioether (sulfide) groups is 1. The number of ether oxygens (including phenoxy) is 2. The van der Waals surface area contributed by atoms with Crippen LogP contribution in [-0.2, 0) is 4.79 Å². The summed E-state index contributed by atoms with van der Waals surface area (Å²) in [5, 5.41) is 9.43. The van der Waals surface area contributed by atoms with Crippen LogP contribution in [0.3, 0.4) is 0 Å². The van der Waals surface area contributed by atoms with Crippen LogP contribution in [0.5, 0.6) is 11.5 Å². The number of carbonyl (C=O) groups is 2. The highest BCUT2D eigenvalue weighted by Gasteiger charge is 2.31. The van der Waals surface area contributed by atoms with Gasteiger partial charge in [0.15, 0.2) is 11.0 Å². The fourth-order valence-corrected chi connectivity index (χ4v) is 5.62. The molecule has 1 fully saturated rings. The number of halogens is 1. The third-order valence-corrected chi connectivity index (χ3v) is 7.88. The van der Waals surface area contributed by atoms with Crippen molar-refractivity contribution in [1.29, 1.82) is 0 Å². The van der Waals surface area contributed by atoms with Gasteiger partial charge in [0.05, 0.1) is 25.5 Å². The average molecular weight is 576 g/mol. The van der Waals surface area contributed by atoms with Crippen molar-refractivity contribution in [3.63, 3.8) is 0 Å². The lowest BCUT2D eigenvalue weighted by atomic mass is 10.1. The summed E-state index contributed by atoms with van der Waals surface area (Å²) in [5.74, 6) is 1.17. The normalized spacial score (nSPS) is 15.1. The molecule has 1 aliphatic rings. The largest absolute Gasteiger partial charge is 0.497 e.